The first kappa shape index (κ1) is 24.3. The molecule has 3 aromatic rings. The van der Waals surface area contributed by atoms with Gasteiger partial charge in [-0.2, -0.15) is 0 Å². The molecule has 0 fully saturated rings. The lowest BCUT2D eigenvalue weighted by atomic mass is 10.00. The van der Waals surface area contributed by atoms with Gasteiger partial charge in [0.25, 0.3) is 10.0 Å². The van der Waals surface area contributed by atoms with Gasteiger partial charge in [-0.15, -0.1) is 0 Å². The van der Waals surface area contributed by atoms with Crippen LogP contribution in [0.5, 0.6) is 0 Å². The Bertz CT molecular complexity index is 1190. The number of sulfonamides is 1. The number of hydrogen-bond donors (Lipinski definition) is 3. The molecule has 0 aliphatic rings. The highest BCUT2D eigenvalue weighted by molar-refractivity contribution is 7.92. The SMILES string of the molecule is O=S([O-])NC(Cc1ccc(S(=O)(=O)NC(=S)Nc2ccc(Cl)cc2)cc1)c1ccccc1. The van der Waals surface area contributed by atoms with Gasteiger partial charge in [-0.25, -0.2) is 13.1 Å². The van der Waals surface area contributed by atoms with Crippen molar-refractivity contribution in [2.75, 3.05) is 5.32 Å². The molecule has 0 bridgehead atoms. The molecular weight excluding hydrogens is 490 g/mol. The molecule has 0 amide bonds. The van der Waals surface area contributed by atoms with Gasteiger partial charge in [0.1, 0.15) is 0 Å². The molecule has 32 heavy (non-hydrogen) atoms. The van der Waals surface area contributed by atoms with Crippen LogP contribution in [0.4, 0.5) is 5.69 Å². The van der Waals surface area contributed by atoms with Gasteiger partial charge in [0.15, 0.2) is 5.11 Å². The van der Waals surface area contributed by atoms with Crippen LogP contribution in [0.3, 0.4) is 0 Å². The quantitative estimate of drug-likeness (QED) is 0.316. The maximum Gasteiger partial charge on any atom is 0.263 e. The van der Waals surface area contributed by atoms with Gasteiger partial charge in [0, 0.05) is 28.0 Å². The Hall–Kier alpha value is -2.34. The van der Waals surface area contributed by atoms with Crippen molar-refractivity contribution in [3.05, 3.63) is 95.0 Å². The highest BCUT2D eigenvalue weighted by Crippen LogP contribution is 2.20. The van der Waals surface area contributed by atoms with Crippen LogP contribution in [0.15, 0.2) is 83.8 Å². The molecule has 3 aromatic carbocycles. The minimum absolute atomic E-state index is 0.0260. The molecule has 7 nitrogen and oxygen atoms in total. The Morgan fingerprint density at radius 3 is 2.22 bits per heavy atom. The molecule has 168 valence electrons. The van der Waals surface area contributed by atoms with Gasteiger partial charge in [0.05, 0.1) is 4.90 Å². The highest BCUT2D eigenvalue weighted by atomic mass is 35.5. The van der Waals surface area contributed by atoms with Crippen LogP contribution in [0.1, 0.15) is 17.2 Å². The van der Waals surface area contributed by atoms with E-state index in [9.17, 15) is 17.2 Å². The summed E-state index contributed by atoms with van der Waals surface area (Å²) in [7, 11) is -3.90. The summed E-state index contributed by atoms with van der Waals surface area (Å²) < 4.78 is 52.4. The fraction of sp³-hybridized carbons (Fsp3) is 0.0952. The zero-order valence-electron chi connectivity index (χ0n) is 16.5. The standard InChI is InChI=1S/C21H20ClN3O4S3/c22-17-8-10-18(11-9-17)23-21(30)25-32(28,29)19-12-6-15(7-13-19)14-20(24-31(26)27)16-4-2-1-3-5-16/h1-13,20,24H,14H2,(H,26,27)(H2,23,25,30)/p-1. The lowest BCUT2D eigenvalue weighted by molar-refractivity contribution is 0.504. The van der Waals surface area contributed by atoms with E-state index in [0.29, 0.717) is 17.1 Å². The van der Waals surface area contributed by atoms with Crippen LogP contribution >= 0.6 is 23.8 Å². The molecule has 0 spiro atoms. The predicted octanol–water partition coefficient (Wildman–Crippen LogP) is 3.68. The zero-order valence-corrected chi connectivity index (χ0v) is 19.7. The van der Waals surface area contributed by atoms with E-state index in [1.54, 1.807) is 36.4 Å². The molecule has 2 atom stereocenters. The van der Waals surface area contributed by atoms with Crippen molar-refractivity contribution < 1.29 is 17.2 Å². The van der Waals surface area contributed by atoms with Crippen LogP contribution in [-0.2, 0) is 27.7 Å². The molecule has 0 radical (unpaired) electrons. The summed E-state index contributed by atoms with van der Waals surface area (Å²) >= 11 is 8.48. The first-order valence-corrected chi connectivity index (χ1v) is 12.7. The topological polar surface area (TPSA) is 110 Å². The third kappa shape index (κ3) is 7.09. The Morgan fingerprint density at radius 2 is 1.62 bits per heavy atom. The normalized spacial score (nSPS) is 13.2. The first-order chi connectivity index (χ1) is 15.2. The van der Waals surface area contributed by atoms with Crippen LogP contribution in [0, 0.1) is 0 Å². The van der Waals surface area contributed by atoms with Crippen LogP contribution in [0.25, 0.3) is 0 Å². The van der Waals surface area contributed by atoms with E-state index in [1.807, 2.05) is 30.3 Å². The maximum absolute atomic E-state index is 12.6. The number of thiocarbonyl (C=S) groups is 1. The van der Waals surface area contributed by atoms with E-state index in [4.69, 9.17) is 23.8 Å². The maximum atomic E-state index is 12.6. The van der Waals surface area contributed by atoms with E-state index < -0.39 is 27.3 Å². The van der Waals surface area contributed by atoms with Gasteiger partial charge in [0.2, 0.25) is 0 Å². The molecule has 0 aliphatic heterocycles. The molecule has 0 saturated heterocycles. The fourth-order valence-electron chi connectivity index (χ4n) is 2.94. The molecular formula is C21H19ClN3O4S3-. The van der Waals surface area contributed by atoms with Gasteiger partial charge in [-0.05, 0) is 66.2 Å². The number of benzene rings is 3. The zero-order chi connectivity index (χ0) is 23.1. The number of rotatable bonds is 8. The average Bonchev–Trinajstić information content (AvgIpc) is 2.75. The third-order valence-electron chi connectivity index (χ3n) is 4.44. The second-order valence-electron chi connectivity index (χ2n) is 6.73. The van der Waals surface area contributed by atoms with Gasteiger partial charge in [-0.3, -0.25) is 8.93 Å². The third-order valence-corrected chi connectivity index (χ3v) is 6.87. The molecule has 11 heteroatoms. The molecule has 0 aliphatic carbocycles. The van der Waals surface area contributed by atoms with Gasteiger partial charge in [-0.1, -0.05) is 54.1 Å². The monoisotopic (exact) mass is 508 g/mol. The van der Waals surface area contributed by atoms with E-state index in [1.165, 1.54) is 12.1 Å². The van der Waals surface area contributed by atoms with E-state index in [0.717, 1.165) is 11.1 Å². The van der Waals surface area contributed by atoms with E-state index >= 15 is 0 Å². The number of nitrogens with one attached hydrogen (secondary N) is 3. The molecule has 2 unspecified atom stereocenters. The van der Waals surface area contributed by atoms with Crippen LogP contribution in [0.2, 0.25) is 5.02 Å². The summed E-state index contributed by atoms with van der Waals surface area (Å²) in [5.74, 6) is 0. The Balaban J connectivity index is 1.68. The second-order valence-corrected chi connectivity index (χ2v) is 9.96. The lowest BCUT2D eigenvalue weighted by Gasteiger charge is -2.20. The largest absolute Gasteiger partial charge is 0.760 e. The summed E-state index contributed by atoms with van der Waals surface area (Å²) in [6.07, 6.45) is 0.349. The summed E-state index contributed by atoms with van der Waals surface area (Å²) in [5.41, 5.74) is 2.15. The smallest absolute Gasteiger partial charge is 0.263 e. The lowest BCUT2D eigenvalue weighted by Crippen LogP contribution is -2.34. The van der Waals surface area contributed by atoms with Crippen molar-refractivity contribution in [3.63, 3.8) is 0 Å². The second kappa shape index (κ2) is 11.0. The Kier molecular flexibility index (Phi) is 8.35. The molecule has 3 N–H and O–H groups in total. The van der Waals surface area contributed by atoms with Crippen molar-refractivity contribution in [2.45, 2.75) is 17.4 Å². The molecule has 0 aromatic heterocycles. The fourth-order valence-corrected chi connectivity index (χ4v) is 4.87. The van der Waals surface area contributed by atoms with Crippen molar-refractivity contribution in [2.24, 2.45) is 0 Å². The summed E-state index contributed by atoms with van der Waals surface area (Å²) in [6, 6.07) is 21.4. The average molecular weight is 509 g/mol. The Labute approximate surface area is 199 Å². The molecule has 3 rings (SSSR count). The van der Waals surface area contributed by atoms with Gasteiger partial charge < -0.3 is 9.87 Å². The van der Waals surface area contributed by atoms with E-state index in [2.05, 4.69) is 14.8 Å². The minimum atomic E-state index is -3.90. The van der Waals surface area contributed by atoms with E-state index in [-0.39, 0.29) is 10.0 Å². The Morgan fingerprint density at radius 1 is 1.00 bits per heavy atom. The molecule has 0 heterocycles. The number of anilines is 1. The molecule has 0 saturated carbocycles. The first-order valence-electron chi connectivity index (χ1n) is 9.31. The summed E-state index contributed by atoms with van der Waals surface area (Å²) in [5, 5.41) is 3.25. The van der Waals surface area contributed by atoms with Crippen molar-refractivity contribution in [1.82, 2.24) is 9.44 Å². The minimum Gasteiger partial charge on any atom is -0.760 e. The predicted molar refractivity (Wildman–Crippen MR) is 129 cm³/mol. The van der Waals surface area contributed by atoms with Gasteiger partial charge >= 0.3 is 0 Å². The van der Waals surface area contributed by atoms with Crippen molar-refractivity contribution >= 4 is 55.9 Å². The number of halogens is 1. The number of hydrogen-bond acceptors (Lipinski definition) is 5. The van der Waals surface area contributed by atoms with Crippen molar-refractivity contribution in [1.29, 1.82) is 0 Å². The summed E-state index contributed by atoms with van der Waals surface area (Å²) in [4.78, 5) is 0.0260. The van der Waals surface area contributed by atoms with Crippen LogP contribution < -0.4 is 14.8 Å². The highest BCUT2D eigenvalue weighted by Gasteiger charge is 2.17. The van der Waals surface area contributed by atoms with Crippen LogP contribution in [-0.4, -0.2) is 22.3 Å². The summed E-state index contributed by atoms with van der Waals surface area (Å²) in [6.45, 7) is 0. The van der Waals surface area contributed by atoms with Crippen molar-refractivity contribution in [3.8, 4) is 0 Å².